The number of urea groups is 1. The minimum atomic E-state index is -0.774. The summed E-state index contributed by atoms with van der Waals surface area (Å²) in [6.45, 7) is 8.32. The Balaban J connectivity index is 1.37. The van der Waals surface area contributed by atoms with Crippen molar-refractivity contribution in [2.45, 2.75) is 33.4 Å². The number of aromatic nitrogens is 2. The number of terminal acetylenes is 1. The third-order valence-electron chi connectivity index (χ3n) is 7.94. The van der Waals surface area contributed by atoms with Crippen LogP contribution in [0.3, 0.4) is 0 Å². The lowest BCUT2D eigenvalue weighted by Crippen LogP contribution is -2.44. The minimum Gasteiger partial charge on any atom is -0.435 e. The summed E-state index contributed by atoms with van der Waals surface area (Å²) in [4.78, 5) is 47.9. The number of para-hydroxylation sites is 1. The molecule has 2 aliphatic rings. The van der Waals surface area contributed by atoms with Crippen LogP contribution in [0.1, 0.15) is 41.0 Å². The zero-order chi connectivity index (χ0) is 30.5. The predicted octanol–water partition coefficient (Wildman–Crippen LogP) is 4.03. The van der Waals surface area contributed by atoms with Crippen LogP contribution in [0.15, 0.2) is 48.5 Å². The van der Waals surface area contributed by atoms with Crippen LogP contribution in [-0.2, 0) is 24.2 Å². The number of anilines is 3. The number of aryl methyl sites for hydroxylation is 1. The van der Waals surface area contributed by atoms with Gasteiger partial charge in [-0.2, -0.15) is 4.68 Å². The number of rotatable bonds is 7. The molecule has 11 heteroatoms. The number of piperazine rings is 1. The molecular formula is C32H37N7O4. The normalized spacial score (nSPS) is 14.7. The molecule has 1 saturated heterocycles. The molecule has 3 heterocycles. The number of amides is 3. The second kappa shape index (κ2) is 13.0. The molecule has 0 saturated carbocycles. The van der Waals surface area contributed by atoms with Crippen molar-refractivity contribution in [3.8, 4) is 12.3 Å². The number of carbonyl (C=O) groups is 3. The van der Waals surface area contributed by atoms with Crippen molar-refractivity contribution < 1.29 is 19.1 Å². The minimum absolute atomic E-state index is 0.118. The Morgan fingerprint density at radius 2 is 1.74 bits per heavy atom. The van der Waals surface area contributed by atoms with Gasteiger partial charge in [0.05, 0.1) is 18.8 Å². The highest BCUT2D eigenvalue weighted by Gasteiger charge is 2.36. The van der Waals surface area contributed by atoms with Gasteiger partial charge in [0.15, 0.2) is 12.4 Å². The van der Waals surface area contributed by atoms with Gasteiger partial charge in [0.1, 0.15) is 0 Å². The van der Waals surface area contributed by atoms with Crippen LogP contribution >= 0.6 is 0 Å². The molecule has 0 radical (unpaired) electrons. The van der Waals surface area contributed by atoms with Gasteiger partial charge in [0.25, 0.3) is 5.91 Å². The molecule has 3 aromatic rings. The molecule has 0 spiro atoms. The molecule has 0 unspecified atom stereocenters. The van der Waals surface area contributed by atoms with Gasteiger partial charge in [-0.15, -0.1) is 11.5 Å². The number of nitrogens with zero attached hydrogens (tertiary/aromatic N) is 6. The van der Waals surface area contributed by atoms with E-state index in [1.54, 1.807) is 21.9 Å². The molecule has 0 aliphatic carbocycles. The van der Waals surface area contributed by atoms with E-state index in [1.807, 2.05) is 50.2 Å². The first-order chi connectivity index (χ1) is 20.8. The molecule has 0 bridgehead atoms. The Labute approximate surface area is 252 Å². The maximum absolute atomic E-state index is 13.8. The molecule has 2 aliphatic heterocycles. The van der Waals surface area contributed by atoms with Crippen LogP contribution in [-0.4, -0.2) is 84.0 Å². The topological polar surface area (TPSA) is 103 Å². The molecule has 2 aromatic carbocycles. The molecule has 11 nitrogen and oxygen atoms in total. The Morgan fingerprint density at radius 1 is 1.02 bits per heavy atom. The molecule has 43 heavy (non-hydrogen) atoms. The number of likely N-dealkylation sites (N-methyl/N-ethyl adjacent to an activating group) is 1. The summed E-state index contributed by atoms with van der Waals surface area (Å²) in [6.07, 6.45) is 5.29. The zero-order valence-electron chi connectivity index (χ0n) is 24.9. The number of carbonyl (C=O) groups excluding carboxylic acids is 3. The monoisotopic (exact) mass is 583 g/mol. The fraction of sp³-hybridized carbons (Fsp3) is 0.375. The number of nitrogens with one attached hydrogen (secondary N) is 1. The molecule has 3 amide bonds. The van der Waals surface area contributed by atoms with Crippen molar-refractivity contribution >= 4 is 35.2 Å². The van der Waals surface area contributed by atoms with Gasteiger partial charge < -0.3 is 24.8 Å². The fourth-order valence-corrected chi connectivity index (χ4v) is 5.51. The van der Waals surface area contributed by atoms with E-state index in [0.29, 0.717) is 23.4 Å². The van der Waals surface area contributed by atoms with Gasteiger partial charge in [-0.05, 0) is 56.3 Å². The van der Waals surface area contributed by atoms with Gasteiger partial charge in [0, 0.05) is 55.2 Å². The van der Waals surface area contributed by atoms with Gasteiger partial charge in [-0.3, -0.25) is 9.69 Å². The standard InChI is InChI=1S/C32H37N7O4/c1-5-20-43-32(42)39-28-22-37(31(41)38(7-3)27-11-9-8-10-23(27)6-2)21-26(28)29(34-39)33-30(40)24-12-14-25(15-13-24)36-18-16-35(4)17-19-36/h1,8-15H,6-7,16-22H2,2-4H3,(H,33,34,40). The SMILES string of the molecule is C#CCOC(=O)n1nc(NC(=O)c2ccc(N3CCN(C)CC3)cc2)c2c1CN(C(=O)N(CC)c1ccccc1CC)C2. The van der Waals surface area contributed by atoms with Crippen molar-refractivity contribution in [2.24, 2.45) is 0 Å². The third kappa shape index (κ3) is 6.20. The van der Waals surface area contributed by atoms with Gasteiger partial charge in [-0.1, -0.05) is 31.0 Å². The lowest BCUT2D eigenvalue weighted by Gasteiger charge is -2.34. The van der Waals surface area contributed by atoms with Crippen molar-refractivity contribution in [3.05, 3.63) is 70.9 Å². The van der Waals surface area contributed by atoms with Crippen LogP contribution < -0.4 is 15.1 Å². The number of hydrogen-bond acceptors (Lipinski definition) is 7. The summed E-state index contributed by atoms with van der Waals surface area (Å²) in [5.41, 5.74) is 4.46. The second-order valence-electron chi connectivity index (χ2n) is 10.6. The Morgan fingerprint density at radius 3 is 2.42 bits per heavy atom. The molecule has 5 rings (SSSR count). The highest BCUT2D eigenvalue weighted by atomic mass is 16.6. The summed E-state index contributed by atoms with van der Waals surface area (Å²) in [6, 6.07) is 15.0. The number of fused-ring (bicyclic) bond motifs is 1. The van der Waals surface area contributed by atoms with Crippen molar-refractivity contribution in [2.75, 3.05) is 61.5 Å². The van der Waals surface area contributed by atoms with Crippen LogP contribution in [0.2, 0.25) is 0 Å². The van der Waals surface area contributed by atoms with Crippen LogP contribution in [0, 0.1) is 12.3 Å². The summed E-state index contributed by atoms with van der Waals surface area (Å²) < 4.78 is 6.22. The van der Waals surface area contributed by atoms with Crippen molar-refractivity contribution in [1.82, 2.24) is 19.6 Å². The Bertz CT molecular complexity index is 1530. The maximum atomic E-state index is 13.8. The van der Waals surface area contributed by atoms with Gasteiger partial charge in [0.2, 0.25) is 0 Å². The highest BCUT2D eigenvalue weighted by Crippen LogP contribution is 2.32. The van der Waals surface area contributed by atoms with E-state index in [1.165, 1.54) is 0 Å². The molecule has 0 atom stereocenters. The van der Waals surface area contributed by atoms with E-state index >= 15 is 0 Å². The van der Waals surface area contributed by atoms with Gasteiger partial charge in [-0.25, -0.2) is 9.59 Å². The molecule has 1 fully saturated rings. The second-order valence-corrected chi connectivity index (χ2v) is 10.6. The first-order valence-electron chi connectivity index (χ1n) is 14.5. The van der Waals surface area contributed by atoms with E-state index < -0.39 is 6.09 Å². The lowest BCUT2D eigenvalue weighted by atomic mass is 10.1. The first kappa shape index (κ1) is 29.7. The van der Waals surface area contributed by atoms with E-state index in [4.69, 9.17) is 11.2 Å². The summed E-state index contributed by atoms with van der Waals surface area (Å²) in [5.74, 6) is 2.11. The van der Waals surface area contributed by atoms with E-state index in [-0.39, 0.29) is 37.5 Å². The van der Waals surface area contributed by atoms with Crippen LogP contribution in [0.25, 0.3) is 0 Å². The van der Waals surface area contributed by atoms with Gasteiger partial charge >= 0.3 is 12.1 Å². The zero-order valence-corrected chi connectivity index (χ0v) is 24.9. The summed E-state index contributed by atoms with van der Waals surface area (Å²) in [7, 11) is 2.11. The van der Waals surface area contributed by atoms with E-state index in [0.717, 1.165) is 54.2 Å². The van der Waals surface area contributed by atoms with E-state index in [9.17, 15) is 14.4 Å². The molecular weight excluding hydrogens is 546 g/mol. The number of hydrogen-bond donors (Lipinski definition) is 1. The fourth-order valence-electron chi connectivity index (χ4n) is 5.51. The molecule has 1 aromatic heterocycles. The number of benzene rings is 2. The summed E-state index contributed by atoms with van der Waals surface area (Å²) in [5, 5.41) is 7.23. The van der Waals surface area contributed by atoms with Crippen molar-refractivity contribution in [1.29, 1.82) is 0 Å². The van der Waals surface area contributed by atoms with Crippen LogP contribution in [0.4, 0.5) is 26.8 Å². The quantitative estimate of drug-likeness (QED) is 0.419. The third-order valence-corrected chi connectivity index (χ3v) is 7.94. The molecule has 224 valence electrons. The summed E-state index contributed by atoms with van der Waals surface area (Å²) >= 11 is 0. The smallest absolute Gasteiger partial charge is 0.435 e. The predicted molar refractivity (Wildman–Crippen MR) is 165 cm³/mol. The lowest BCUT2D eigenvalue weighted by molar-refractivity contribution is 0.102. The average Bonchev–Trinajstić information content (AvgIpc) is 3.61. The highest BCUT2D eigenvalue weighted by molar-refractivity contribution is 6.04. The first-order valence-corrected chi connectivity index (χ1v) is 14.5. The van der Waals surface area contributed by atoms with Crippen molar-refractivity contribution in [3.63, 3.8) is 0 Å². The number of ether oxygens (including phenoxy) is 1. The average molecular weight is 584 g/mol. The maximum Gasteiger partial charge on any atom is 0.436 e. The van der Waals surface area contributed by atoms with E-state index in [2.05, 4.69) is 33.2 Å². The Kier molecular flexibility index (Phi) is 8.97. The largest absolute Gasteiger partial charge is 0.436 e. The molecule has 1 N–H and O–H groups in total. The van der Waals surface area contributed by atoms with Crippen LogP contribution in [0.5, 0.6) is 0 Å². The Hall–Kier alpha value is -4.82.